The van der Waals surface area contributed by atoms with E-state index in [0.29, 0.717) is 12.7 Å². The summed E-state index contributed by atoms with van der Waals surface area (Å²) in [7, 11) is 0. The quantitative estimate of drug-likeness (QED) is 0.422. The van der Waals surface area contributed by atoms with Crippen LogP contribution in [0.5, 0.6) is 5.75 Å². The SMILES string of the molecule is CCC(C=O)Oc1ccccc1[N+](=O)[O-]. The van der Waals surface area contributed by atoms with Crippen molar-refractivity contribution in [2.45, 2.75) is 19.4 Å². The van der Waals surface area contributed by atoms with Crippen molar-refractivity contribution >= 4 is 12.0 Å². The first-order valence-electron chi connectivity index (χ1n) is 4.54. The number of nitrogens with zero attached hydrogens (tertiary/aromatic N) is 1. The summed E-state index contributed by atoms with van der Waals surface area (Å²) >= 11 is 0. The zero-order valence-electron chi connectivity index (χ0n) is 8.25. The molecule has 0 saturated carbocycles. The van der Waals surface area contributed by atoms with E-state index in [0.717, 1.165) is 0 Å². The fraction of sp³-hybridized carbons (Fsp3) is 0.300. The van der Waals surface area contributed by atoms with Gasteiger partial charge in [0.2, 0.25) is 0 Å². The largest absolute Gasteiger partial charge is 0.476 e. The molecule has 5 heteroatoms. The lowest BCUT2D eigenvalue weighted by molar-refractivity contribution is -0.386. The van der Waals surface area contributed by atoms with Crippen molar-refractivity contribution < 1.29 is 14.5 Å². The standard InChI is InChI=1S/C10H11NO4/c1-2-8(7-12)15-10-6-4-3-5-9(10)11(13)14/h3-8H,2H2,1H3. The van der Waals surface area contributed by atoms with E-state index in [1.54, 1.807) is 19.1 Å². The van der Waals surface area contributed by atoms with E-state index < -0.39 is 11.0 Å². The van der Waals surface area contributed by atoms with Crippen LogP contribution in [0.4, 0.5) is 5.69 Å². The summed E-state index contributed by atoms with van der Waals surface area (Å²) in [5.74, 6) is 0.126. The van der Waals surface area contributed by atoms with Crippen molar-refractivity contribution in [1.29, 1.82) is 0 Å². The topological polar surface area (TPSA) is 69.4 Å². The van der Waals surface area contributed by atoms with Gasteiger partial charge in [-0.2, -0.15) is 0 Å². The summed E-state index contributed by atoms with van der Waals surface area (Å²) < 4.78 is 5.20. The maximum atomic E-state index is 10.6. The zero-order chi connectivity index (χ0) is 11.3. The second kappa shape index (κ2) is 5.09. The molecule has 1 aromatic rings. The second-order valence-electron chi connectivity index (χ2n) is 2.93. The van der Waals surface area contributed by atoms with Crippen molar-refractivity contribution in [3.8, 4) is 5.75 Å². The average Bonchev–Trinajstić information content (AvgIpc) is 2.26. The van der Waals surface area contributed by atoms with Crippen molar-refractivity contribution in [3.63, 3.8) is 0 Å². The highest BCUT2D eigenvalue weighted by Gasteiger charge is 2.16. The Morgan fingerprint density at radius 3 is 2.73 bits per heavy atom. The first-order chi connectivity index (χ1) is 7.19. The Kier molecular flexibility index (Phi) is 3.79. The van der Waals surface area contributed by atoms with Crippen molar-refractivity contribution in [2.24, 2.45) is 0 Å². The summed E-state index contributed by atoms with van der Waals surface area (Å²) in [4.78, 5) is 20.6. The number of rotatable bonds is 5. The van der Waals surface area contributed by atoms with Gasteiger partial charge in [-0.1, -0.05) is 19.1 Å². The number of hydrogen-bond acceptors (Lipinski definition) is 4. The number of ether oxygens (including phenoxy) is 1. The molecule has 0 radical (unpaired) electrons. The van der Waals surface area contributed by atoms with Gasteiger partial charge in [0.25, 0.3) is 0 Å². The summed E-state index contributed by atoms with van der Waals surface area (Å²) in [5.41, 5.74) is -0.127. The van der Waals surface area contributed by atoms with Gasteiger partial charge in [-0.25, -0.2) is 0 Å². The van der Waals surface area contributed by atoms with Gasteiger partial charge in [-0.15, -0.1) is 0 Å². The highest BCUT2D eigenvalue weighted by molar-refractivity contribution is 5.58. The summed E-state index contributed by atoms with van der Waals surface area (Å²) in [6.45, 7) is 1.77. The van der Waals surface area contributed by atoms with Crippen molar-refractivity contribution in [1.82, 2.24) is 0 Å². The number of nitro benzene ring substituents is 1. The minimum Gasteiger partial charge on any atom is -0.476 e. The van der Waals surface area contributed by atoms with E-state index in [9.17, 15) is 14.9 Å². The zero-order valence-corrected chi connectivity index (χ0v) is 8.25. The lowest BCUT2D eigenvalue weighted by atomic mass is 10.2. The minimum absolute atomic E-state index is 0.126. The number of benzene rings is 1. The van der Waals surface area contributed by atoms with Crippen LogP contribution in [0, 0.1) is 10.1 Å². The molecule has 1 aromatic carbocycles. The lowest BCUT2D eigenvalue weighted by Gasteiger charge is -2.10. The van der Waals surface area contributed by atoms with Gasteiger partial charge >= 0.3 is 5.69 Å². The Labute approximate surface area is 86.8 Å². The normalized spacial score (nSPS) is 11.8. The minimum atomic E-state index is -0.633. The number of hydrogen-bond donors (Lipinski definition) is 0. The summed E-state index contributed by atoms with van der Waals surface area (Å²) in [5, 5.41) is 10.6. The van der Waals surface area contributed by atoms with E-state index in [1.165, 1.54) is 12.1 Å². The van der Waals surface area contributed by atoms with Crippen LogP contribution in [0.2, 0.25) is 0 Å². The maximum Gasteiger partial charge on any atom is 0.310 e. The Hall–Kier alpha value is -1.91. The van der Waals surface area contributed by atoms with E-state index in [-0.39, 0.29) is 11.4 Å². The molecule has 0 fully saturated rings. The highest BCUT2D eigenvalue weighted by atomic mass is 16.6. The number of carbonyl (C=O) groups is 1. The molecule has 5 nitrogen and oxygen atoms in total. The smallest absolute Gasteiger partial charge is 0.310 e. The molecule has 0 N–H and O–H groups in total. The van der Waals surface area contributed by atoms with Gasteiger partial charge in [0.15, 0.2) is 18.1 Å². The van der Waals surface area contributed by atoms with E-state index in [2.05, 4.69) is 0 Å². The monoisotopic (exact) mass is 209 g/mol. The molecule has 80 valence electrons. The van der Waals surface area contributed by atoms with Crippen LogP contribution in [-0.2, 0) is 4.79 Å². The maximum absolute atomic E-state index is 10.6. The lowest BCUT2D eigenvalue weighted by Crippen LogP contribution is -2.17. The predicted molar refractivity (Wildman–Crippen MR) is 53.9 cm³/mol. The third kappa shape index (κ3) is 2.77. The molecule has 1 rings (SSSR count). The molecule has 0 aromatic heterocycles. The Morgan fingerprint density at radius 1 is 1.53 bits per heavy atom. The Bertz CT molecular complexity index is 364. The molecule has 0 aliphatic heterocycles. The van der Waals surface area contributed by atoms with Crippen LogP contribution < -0.4 is 4.74 Å². The molecule has 15 heavy (non-hydrogen) atoms. The van der Waals surface area contributed by atoms with Crippen LogP contribution in [-0.4, -0.2) is 17.3 Å². The molecule has 0 aliphatic rings. The molecule has 0 spiro atoms. The molecular formula is C10H11NO4. The molecule has 0 aliphatic carbocycles. The molecule has 0 amide bonds. The van der Waals surface area contributed by atoms with Gasteiger partial charge in [0.05, 0.1) is 4.92 Å². The van der Waals surface area contributed by atoms with Gasteiger partial charge < -0.3 is 4.74 Å². The Balaban J connectivity index is 2.93. The van der Waals surface area contributed by atoms with Crippen LogP contribution in [0.15, 0.2) is 24.3 Å². The highest BCUT2D eigenvalue weighted by Crippen LogP contribution is 2.26. The van der Waals surface area contributed by atoms with E-state index in [4.69, 9.17) is 4.74 Å². The van der Waals surface area contributed by atoms with Gasteiger partial charge in [-0.3, -0.25) is 14.9 Å². The predicted octanol–water partition coefficient (Wildman–Crippen LogP) is 1.95. The molecular weight excluding hydrogens is 198 g/mol. The molecule has 0 saturated heterocycles. The van der Waals surface area contributed by atoms with Gasteiger partial charge in [0, 0.05) is 6.07 Å². The van der Waals surface area contributed by atoms with Crippen LogP contribution in [0.3, 0.4) is 0 Å². The first-order valence-corrected chi connectivity index (χ1v) is 4.54. The van der Waals surface area contributed by atoms with Crippen molar-refractivity contribution in [3.05, 3.63) is 34.4 Å². The average molecular weight is 209 g/mol. The van der Waals surface area contributed by atoms with Crippen molar-refractivity contribution in [2.75, 3.05) is 0 Å². The first kappa shape index (κ1) is 11.2. The molecule has 0 heterocycles. The van der Waals surface area contributed by atoms with Gasteiger partial charge in [0.1, 0.15) is 0 Å². The molecule has 1 atom stereocenters. The summed E-state index contributed by atoms with van der Waals surface area (Å²) in [6.07, 6.45) is 0.484. The second-order valence-corrected chi connectivity index (χ2v) is 2.93. The van der Waals surface area contributed by atoms with Gasteiger partial charge in [-0.05, 0) is 12.5 Å². The number of para-hydroxylation sites is 2. The third-order valence-electron chi connectivity index (χ3n) is 1.89. The van der Waals surface area contributed by atoms with Crippen LogP contribution in [0.1, 0.15) is 13.3 Å². The number of aldehydes is 1. The van der Waals surface area contributed by atoms with E-state index >= 15 is 0 Å². The summed E-state index contributed by atoms with van der Waals surface area (Å²) in [6, 6.07) is 5.99. The number of nitro groups is 1. The van der Waals surface area contributed by atoms with Crippen LogP contribution in [0.25, 0.3) is 0 Å². The van der Waals surface area contributed by atoms with Crippen LogP contribution >= 0.6 is 0 Å². The fourth-order valence-corrected chi connectivity index (χ4v) is 1.08. The number of carbonyl (C=O) groups excluding carboxylic acids is 1. The van der Waals surface area contributed by atoms with E-state index in [1.807, 2.05) is 0 Å². The third-order valence-corrected chi connectivity index (χ3v) is 1.89. The molecule has 0 bridgehead atoms. The fourth-order valence-electron chi connectivity index (χ4n) is 1.08. The Morgan fingerprint density at radius 2 is 2.20 bits per heavy atom. The molecule has 1 unspecified atom stereocenters.